The van der Waals surface area contributed by atoms with Gasteiger partial charge in [0.1, 0.15) is 0 Å². The van der Waals surface area contributed by atoms with Crippen LogP contribution in [0, 0.1) is 0 Å². The predicted molar refractivity (Wildman–Crippen MR) is 76.8 cm³/mol. The van der Waals surface area contributed by atoms with Gasteiger partial charge in [0, 0.05) is 17.2 Å². The number of esters is 1. The van der Waals surface area contributed by atoms with Crippen LogP contribution in [-0.4, -0.2) is 13.1 Å². The van der Waals surface area contributed by atoms with E-state index in [0.717, 1.165) is 13.2 Å². The minimum absolute atomic E-state index is 0.177. The van der Waals surface area contributed by atoms with Crippen LogP contribution in [0.15, 0.2) is 66.7 Å². The molecule has 0 amide bonds. The summed E-state index contributed by atoms with van der Waals surface area (Å²) in [6.45, 7) is 0. The summed E-state index contributed by atoms with van der Waals surface area (Å²) in [5.41, 5.74) is -0.290. The third-order valence-corrected chi connectivity index (χ3v) is 3.02. The van der Waals surface area contributed by atoms with Gasteiger partial charge in [-0.2, -0.15) is 8.78 Å². The highest BCUT2D eigenvalue weighted by Gasteiger charge is 2.37. The van der Waals surface area contributed by atoms with E-state index in [1.54, 1.807) is 24.3 Å². The molecule has 0 aliphatic carbocycles. The summed E-state index contributed by atoms with van der Waals surface area (Å²) in [6.07, 6.45) is 0.836. The van der Waals surface area contributed by atoms with Crippen LogP contribution in [0.3, 0.4) is 0 Å². The third kappa shape index (κ3) is 3.34. The second kappa shape index (κ2) is 6.31. The second-order valence-corrected chi connectivity index (χ2v) is 4.39. The van der Waals surface area contributed by atoms with Crippen molar-refractivity contribution in [3.63, 3.8) is 0 Å². The van der Waals surface area contributed by atoms with E-state index in [1.807, 2.05) is 0 Å². The highest BCUT2D eigenvalue weighted by Crippen LogP contribution is 2.41. The van der Waals surface area contributed by atoms with Gasteiger partial charge in [-0.25, -0.2) is 4.79 Å². The lowest BCUT2D eigenvalue weighted by Gasteiger charge is -2.20. The molecule has 0 saturated heterocycles. The van der Waals surface area contributed by atoms with E-state index in [9.17, 15) is 13.6 Å². The molecular formula is C17H14F2O2. The van der Waals surface area contributed by atoms with Crippen LogP contribution in [0.2, 0.25) is 0 Å². The van der Waals surface area contributed by atoms with E-state index in [2.05, 4.69) is 4.74 Å². The summed E-state index contributed by atoms with van der Waals surface area (Å²) in [4.78, 5) is 11.4. The number of benzene rings is 2. The first-order valence-corrected chi connectivity index (χ1v) is 6.34. The van der Waals surface area contributed by atoms with E-state index in [1.165, 1.54) is 36.4 Å². The standard InChI is InChI=1S/C17H14F2O2/c1-21-16(20)12-15(13-8-4-2-5-9-13)17(18,19)14-10-6-3-7-11-14/h2-12H,1H3/b15-12+. The minimum Gasteiger partial charge on any atom is -0.466 e. The SMILES string of the molecule is COC(=O)/C=C(\c1ccccc1)C(F)(F)c1ccccc1. The van der Waals surface area contributed by atoms with Gasteiger partial charge in [0.15, 0.2) is 0 Å². The van der Waals surface area contributed by atoms with Crippen LogP contribution >= 0.6 is 0 Å². The van der Waals surface area contributed by atoms with E-state index in [0.29, 0.717) is 0 Å². The lowest BCUT2D eigenvalue weighted by atomic mass is 9.94. The Balaban J connectivity index is 2.55. The molecule has 0 N–H and O–H groups in total. The zero-order valence-electron chi connectivity index (χ0n) is 11.4. The molecule has 0 fully saturated rings. The molecular weight excluding hydrogens is 274 g/mol. The average Bonchev–Trinajstić information content (AvgIpc) is 2.53. The maximum atomic E-state index is 14.7. The smallest absolute Gasteiger partial charge is 0.331 e. The van der Waals surface area contributed by atoms with Gasteiger partial charge < -0.3 is 4.74 Å². The van der Waals surface area contributed by atoms with Crippen molar-refractivity contribution in [3.05, 3.63) is 77.9 Å². The van der Waals surface area contributed by atoms with Crippen molar-refractivity contribution in [1.29, 1.82) is 0 Å². The van der Waals surface area contributed by atoms with Crippen molar-refractivity contribution in [2.45, 2.75) is 5.92 Å². The number of rotatable bonds is 4. The largest absolute Gasteiger partial charge is 0.466 e. The lowest BCUT2D eigenvalue weighted by Crippen LogP contribution is -2.17. The van der Waals surface area contributed by atoms with Crippen molar-refractivity contribution in [2.24, 2.45) is 0 Å². The molecule has 2 nitrogen and oxygen atoms in total. The first kappa shape index (κ1) is 14.9. The molecule has 2 rings (SSSR count). The van der Waals surface area contributed by atoms with Crippen molar-refractivity contribution >= 4 is 11.5 Å². The number of hydrogen-bond acceptors (Lipinski definition) is 2. The Kier molecular flexibility index (Phi) is 4.48. The average molecular weight is 288 g/mol. The molecule has 0 atom stereocenters. The molecule has 0 radical (unpaired) electrons. The molecule has 4 heteroatoms. The molecule has 0 bridgehead atoms. The van der Waals surface area contributed by atoms with Gasteiger partial charge in [-0.05, 0) is 5.56 Å². The molecule has 0 heterocycles. The van der Waals surface area contributed by atoms with Crippen molar-refractivity contribution in [1.82, 2.24) is 0 Å². The van der Waals surface area contributed by atoms with Crippen LogP contribution in [-0.2, 0) is 15.5 Å². The molecule has 2 aromatic rings. The molecule has 0 aliphatic heterocycles. The normalized spacial score (nSPS) is 12.0. The fourth-order valence-corrected chi connectivity index (χ4v) is 1.95. The van der Waals surface area contributed by atoms with Gasteiger partial charge in [-0.1, -0.05) is 60.7 Å². The van der Waals surface area contributed by atoms with E-state index in [4.69, 9.17) is 0 Å². The number of alkyl halides is 2. The highest BCUT2D eigenvalue weighted by atomic mass is 19.3. The molecule has 108 valence electrons. The second-order valence-electron chi connectivity index (χ2n) is 4.39. The molecule has 21 heavy (non-hydrogen) atoms. The quantitative estimate of drug-likeness (QED) is 0.627. The van der Waals surface area contributed by atoms with Crippen LogP contribution in [0.5, 0.6) is 0 Å². The summed E-state index contributed by atoms with van der Waals surface area (Å²) in [6, 6.07) is 15.4. The number of halogens is 2. The zero-order valence-corrected chi connectivity index (χ0v) is 11.4. The van der Waals surface area contributed by atoms with Crippen LogP contribution < -0.4 is 0 Å². The molecule has 2 aromatic carbocycles. The number of carbonyl (C=O) groups is 1. The molecule has 0 unspecified atom stereocenters. The summed E-state index contributed by atoms with van der Waals surface area (Å²) < 4.78 is 33.9. The monoisotopic (exact) mass is 288 g/mol. The molecule has 0 saturated carbocycles. The topological polar surface area (TPSA) is 26.3 Å². The maximum Gasteiger partial charge on any atom is 0.331 e. The molecule has 0 aliphatic rings. The number of ether oxygens (including phenoxy) is 1. The number of methoxy groups -OCH3 is 1. The number of allylic oxidation sites excluding steroid dienone is 1. The summed E-state index contributed by atoms with van der Waals surface area (Å²) >= 11 is 0. The third-order valence-electron chi connectivity index (χ3n) is 3.02. The fraction of sp³-hybridized carbons (Fsp3) is 0.118. The van der Waals surface area contributed by atoms with Gasteiger partial charge in [-0.3, -0.25) is 0 Å². The van der Waals surface area contributed by atoms with Crippen LogP contribution in [0.4, 0.5) is 8.78 Å². The Bertz CT molecular complexity index is 634. The highest BCUT2D eigenvalue weighted by molar-refractivity contribution is 5.93. The van der Waals surface area contributed by atoms with Crippen LogP contribution in [0.25, 0.3) is 5.57 Å². The minimum atomic E-state index is -3.29. The fourth-order valence-electron chi connectivity index (χ4n) is 1.95. The lowest BCUT2D eigenvalue weighted by molar-refractivity contribution is -0.134. The van der Waals surface area contributed by atoms with Crippen molar-refractivity contribution < 1.29 is 18.3 Å². The van der Waals surface area contributed by atoms with Gasteiger partial charge in [-0.15, -0.1) is 0 Å². The maximum absolute atomic E-state index is 14.7. The first-order valence-electron chi connectivity index (χ1n) is 6.34. The van der Waals surface area contributed by atoms with E-state index >= 15 is 0 Å². The van der Waals surface area contributed by atoms with Crippen molar-refractivity contribution in [2.75, 3.05) is 7.11 Å². The Morgan fingerprint density at radius 3 is 2.05 bits per heavy atom. The van der Waals surface area contributed by atoms with E-state index in [-0.39, 0.29) is 16.7 Å². The Hall–Kier alpha value is -2.49. The zero-order chi connectivity index (χ0) is 15.3. The first-order chi connectivity index (χ1) is 10.1. The summed E-state index contributed by atoms with van der Waals surface area (Å²) in [5.74, 6) is -4.11. The molecule has 0 aromatic heterocycles. The predicted octanol–water partition coefficient (Wildman–Crippen LogP) is 4.04. The Morgan fingerprint density at radius 1 is 1.00 bits per heavy atom. The number of hydrogen-bond donors (Lipinski definition) is 0. The van der Waals surface area contributed by atoms with E-state index < -0.39 is 11.9 Å². The summed E-state index contributed by atoms with van der Waals surface area (Å²) in [5, 5.41) is 0. The van der Waals surface area contributed by atoms with Gasteiger partial charge in [0.25, 0.3) is 5.92 Å². The van der Waals surface area contributed by atoms with Crippen LogP contribution in [0.1, 0.15) is 11.1 Å². The Morgan fingerprint density at radius 2 is 1.52 bits per heavy atom. The van der Waals surface area contributed by atoms with Gasteiger partial charge in [0.05, 0.1) is 7.11 Å². The van der Waals surface area contributed by atoms with Gasteiger partial charge >= 0.3 is 5.97 Å². The van der Waals surface area contributed by atoms with Crippen molar-refractivity contribution in [3.8, 4) is 0 Å². The summed E-state index contributed by atoms with van der Waals surface area (Å²) in [7, 11) is 1.15. The molecule has 0 spiro atoms. The van der Waals surface area contributed by atoms with Gasteiger partial charge in [0.2, 0.25) is 0 Å². The number of carbonyl (C=O) groups excluding carboxylic acids is 1. The Labute approximate surface area is 121 Å².